The highest BCUT2D eigenvalue weighted by Gasteiger charge is 2.32. The van der Waals surface area contributed by atoms with E-state index in [1.807, 2.05) is 18.2 Å². The summed E-state index contributed by atoms with van der Waals surface area (Å²) >= 11 is 0. The monoisotopic (exact) mass is 221 g/mol. The largest absolute Gasteiger partial charge is 0.317 e. The van der Waals surface area contributed by atoms with Crippen LogP contribution in [0.3, 0.4) is 0 Å². The molecule has 1 N–H and O–H groups in total. The molecule has 0 bridgehead atoms. The Morgan fingerprint density at radius 2 is 2.19 bits per heavy atom. The standard InChI is InChI=1S/C14H20FN/c1-2-12-5-3-6-13(11-12)14(15)7-4-9-16-10-8-14/h3,5-6,11,16H,2,4,7-10H2,1H3. The minimum absolute atomic E-state index is 0.597. The fraction of sp³-hybridized carbons (Fsp3) is 0.571. The van der Waals surface area contributed by atoms with Crippen LogP contribution < -0.4 is 5.32 Å². The lowest BCUT2D eigenvalue weighted by Gasteiger charge is -2.24. The number of hydrogen-bond donors (Lipinski definition) is 1. The zero-order valence-corrected chi connectivity index (χ0v) is 9.93. The molecule has 1 aromatic carbocycles. The highest BCUT2D eigenvalue weighted by molar-refractivity contribution is 5.28. The molecule has 1 unspecified atom stereocenters. The van der Waals surface area contributed by atoms with Gasteiger partial charge in [0.1, 0.15) is 5.67 Å². The number of benzene rings is 1. The summed E-state index contributed by atoms with van der Waals surface area (Å²) < 4.78 is 14.8. The quantitative estimate of drug-likeness (QED) is 0.808. The Balaban J connectivity index is 2.25. The van der Waals surface area contributed by atoms with Crippen LogP contribution in [0.25, 0.3) is 0 Å². The van der Waals surface area contributed by atoms with Crippen LogP contribution in [-0.4, -0.2) is 13.1 Å². The molecular weight excluding hydrogens is 201 g/mol. The van der Waals surface area contributed by atoms with Crippen LogP contribution in [0.5, 0.6) is 0 Å². The van der Waals surface area contributed by atoms with Crippen LogP contribution in [0.15, 0.2) is 24.3 Å². The Morgan fingerprint density at radius 3 is 3.00 bits per heavy atom. The van der Waals surface area contributed by atoms with Crippen LogP contribution in [0.1, 0.15) is 37.3 Å². The summed E-state index contributed by atoms with van der Waals surface area (Å²) in [6, 6.07) is 8.02. The molecule has 1 aliphatic heterocycles. The van der Waals surface area contributed by atoms with Gasteiger partial charge < -0.3 is 5.32 Å². The van der Waals surface area contributed by atoms with E-state index in [1.54, 1.807) is 0 Å². The number of rotatable bonds is 2. The van der Waals surface area contributed by atoms with Gasteiger partial charge in [0.05, 0.1) is 0 Å². The minimum atomic E-state index is -1.12. The number of nitrogens with one attached hydrogen (secondary N) is 1. The molecule has 0 saturated carbocycles. The Kier molecular flexibility index (Phi) is 3.59. The van der Waals surface area contributed by atoms with Crippen molar-refractivity contribution in [2.45, 2.75) is 38.3 Å². The van der Waals surface area contributed by atoms with Gasteiger partial charge in [-0.15, -0.1) is 0 Å². The zero-order valence-electron chi connectivity index (χ0n) is 9.93. The average Bonchev–Trinajstić information content (AvgIpc) is 2.55. The predicted molar refractivity (Wildman–Crippen MR) is 65.3 cm³/mol. The lowest BCUT2D eigenvalue weighted by atomic mass is 9.87. The van der Waals surface area contributed by atoms with E-state index >= 15 is 0 Å². The summed E-state index contributed by atoms with van der Waals surface area (Å²) in [5.41, 5.74) is 0.983. The van der Waals surface area contributed by atoms with Gasteiger partial charge >= 0.3 is 0 Å². The molecule has 1 heterocycles. The highest BCUT2D eigenvalue weighted by atomic mass is 19.1. The van der Waals surface area contributed by atoms with E-state index < -0.39 is 5.67 Å². The van der Waals surface area contributed by atoms with Crippen LogP contribution >= 0.6 is 0 Å². The van der Waals surface area contributed by atoms with Crippen molar-refractivity contribution in [1.82, 2.24) is 5.32 Å². The second-order valence-electron chi connectivity index (χ2n) is 4.62. The molecule has 0 aliphatic carbocycles. The van der Waals surface area contributed by atoms with Crippen molar-refractivity contribution in [3.63, 3.8) is 0 Å². The Hall–Kier alpha value is -0.890. The number of aryl methyl sites for hydroxylation is 1. The highest BCUT2D eigenvalue weighted by Crippen LogP contribution is 2.35. The van der Waals surface area contributed by atoms with Gasteiger partial charge in [-0.05, 0) is 49.9 Å². The summed E-state index contributed by atoms with van der Waals surface area (Å²) in [6.07, 6.45) is 3.14. The zero-order chi connectivity index (χ0) is 11.4. The molecule has 1 nitrogen and oxygen atoms in total. The summed E-state index contributed by atoms with van der Waals surface area (Å²) in [6.45, 7) is 3.84. The van der Waals surface area contributed by atoms with Crippen molar-refractivity contribution >= 4 is 0 Å². The molecular formula is C14H20FN. The Morgan fingerprint density at radius 1 is 1.31 bits per heavy atom. The van der Waals surface area contributed by atoms with Crippen LogP contribution in [-0.2, 0) is 12.1 Å². The van der Waals surface area contributed by atoms with Gasteiger partial charge in [0, 0.05) is 0 Å². The van der Waals surface area contributed by atoms with Crippen LogP contribution in [0.2, 0.25) is 0 Å². The van der Waals surface area contributed by atoms with E-state index in [-0.39, 0.29) is 0 Å². The molecule has 1 atom stereocenters. The molecule has 1 fully saturated rings. The first kappa shape index (κ1) is 11.6. The smallest absolute Gasteiger partial charge is 0.137 e. The van der Waals surface area contributed by atoms with Crippen molar-refractivity contribution in [3.05, 3.63) is 35.4 Å². The van der Waals surface area contributed by atoms with E-state index in [1.165, 1.54) is 5.56 Å². The maximum atomic E-state index is 14.8. The normalized spacial score (nSPS) is 26.4. The maximum absolute atomic E-state index is 14.8. The molecule has 1 saturated heterocycles. The molecule has 1 aromatic rings. The van der Waals surface area contributed by atoms with Gasteiger partial charge in [-0.3, -0.25) is 0 Å². The summed E-state index contributed by atoms with van der Waals surface area (Å²) in [4.78, 5) is 0. The van der Waals surface area contributed by atoms with E-state index in [0.29, 0.717) is 12.8 Å². The van der Waals surface area contributed by atoms with Gasteiger partial charge in [-0.1, -0.05) is 31.2 Å². The fourth-order valence-electron chi connectivity index (χ4n) is 2.39. The SMILES string of the molecule is CCc1cccc(C2(F)CCCNCC2)c1. The topological polar surface area (TPSA) is 12.0 Å². The fourth-order valence-corrected chi connectivity index (χ4v) is 2.39. The van der Waals surface area contributed by atoms with Crippen molar-refractivity contribution < 1.29 is 4.39 Å². The molecule has 16 heavy (non-hydrogen) atoms. The minimum Gasteiger partial charge on any atom is -0.317 e. The van der Waals surface area contributed by atoms with Crippen LogP contribution in [0, 0.1) is 0 Å². The maximum Gasteiger partial charge on any atom is 0.137 e. The third-order valence-electron chi connectivity index (χ3n) is 3.48. The van der Waals surface area contributed by atoms with E-state index in [2.05, 4.69) is 18.3 Å². The predicted octanol–water partition coefficient (Wildman–Crippen LogP) is 3.19. The molecule has 0 aromatic heterocycles. The lowest BCUT2D eigenvalue weighted by Crippen LogP contribution is -2.22. The summed E-state index contributed by atoms with van der Waals surface area (Å²) in [7, 11) is 0. The lowest BCUT2D eigenvalue weighted by molar-refractivity contribution is 0.145. The molecule has 0 spiro atoms. The van der Waals surface area contributed by atoms with Gasteiger partial charge in [-0.2, -0.15) is 0 Å². The average molecular weight is 221 g/mol. The summed E-state index contributed by atoms with van der Waals surface area (Å²) in [5.74, 6) is 0. The van der Waals surface area contributed by atoms with Gasteiger partial charge in [-0.25, -0.2) is 4.39 Å². The van der Waals surface area contributed by atoms with Crippen LogP contribution in [0.4, 0.5) is 4.39 Å². The molecule has 0 radical (unpaired) electrons. The number of halogens is 1. The third kappa shape index (κ3) is 2.43. The van der Waals surface area contributed by atoms with E-state index in [0.717, 1.165) is 31.5 Å². The van der Waals surface area contributed by atoms with Gasteiger partial charge in [0.25, 0.3) is 0 Å². The Labute approximate surface area is 97.1 Å². The van der Waals surface area contributed by atoms with E-state index in [9.17, 15) is 4.39 Å². The van der Waals surface area contributed by atoms with Crippen molar-refractivity contribution in [2.24, 2.45) is 0 Å². The molecule has 2 heteroatoms. The van der Waals surface area contributed by atoms with Crippen molar-refractivity contribution in [1.29, 1.82) is 0 Å². The van der Waals surface area contributed by atoms with Crippen molar-refractivity contribution in [3.8, 4) is 0 Å². The first-order valence-electron chi connectivity index (χ1n) is 6.24. The van der Waals surface area contributed by atoms with Crippen molar-refractivity contribution in [2.75, 3.05) is 13.1 Å². The number of alkyl halides is 1. The molecule has 0 amide bonds. The molecule has 1 aliphatic rings. The molecule has 88 valence electrons. The first-order valence-corrected chi connectivity index (χ1v) is 6.24. The van der Waals surface area contributed by atoms with E-state index in [4.69, 9.17) is 0 Å². The summed E-state index contributed by atoms with van der Waals surface area (Å²) in [5, 5.41) is 3.26. The van der Waals surface area contributed by atoms with Gasteiger partial charge in [0.15, 0.2) is 0 Å². The number of hydrogen-bond acceptors (Lipinski definition) is 1. The second-order valence-corrected chi connectivity index (χ2v) is 4.62. The second kappa shape index (κ2) is 4.96. The first-order chi connectivity index (χ1) is 7.74. The van der Waals surface area contributed by atoms with Gasteiger partial charge in [0.2, 0.25) is 0 Å². The third-order valence-corrected chi connectivity index (χ3v) is 3.48. The molecule has 2 rings (SSSR count). The Bertz CT molecular complexity index is 340.